The monoisotopic (exact) mass is 517 g/mol. The lowest BCUT2D eigenvalue weighted by atomic mass is 9.76. The molecule has 1 saturated heterocycles. The minimum atomic E-state index is -0.775. The molecule has 1 saturated carbocycles. The molecule has 5 rings (SSSR count). The maximum atomic E-state index is 13.2. The number of fused-ring (bicyclic) bond motifs is 1. The molecule has 1 amide bonds. The minimum absolute atomic E-state index is 0.0529. The second-order valence-electron chi connectivity index (χ2n) is 10.4. The number of carbonyl (C=O) groups excluding carboxylic acids is 1. The number of aliphatic hydroxyl groups excluding tert-OH is 1. The van der Waals surface area contributed by atoms with E-state index in [4.69, 9.17) is 0 Å². The first kappa shape index (κ1) is 26.0. The van der Waals surface area contributed by atoms with Gasteiger partial charge in [0.1, 0.15) is 17.7 Å². The fourth-order valence-corrected chi connectivity index (χ4v) is 5.71. The van der Waals surface area contributed by atoms with Gasteiger partial charge in [-0.15, -0.1) is 0 Å². The topological polar surface area (TPSA) is 111 Å². The van der Waals surface area contributed by atoms with Crippen LogP contribution in [0.25, 0.3) is 5.52 Å². The van der Waals surface area contributed by atoms with Crippen LogP contribution >= 0.6 is 0 Å². The number of nitriles is 1. The van der Waals surface area contributed by atoms with Crippen molar-refractivity contribution in [2.45, 2.75) is 69.3 Å². The van der Waals surface area contributed by atoms with E-state index in [9.17, 15) is 24.3 Å². The lowest BCUT2D eigenvalue weighted by Crippen LogP contribution is -2.46. The average molecular weight is 518 g/mol. The van der Waals surface area contributed by atoms with Crippen molar-refractivity contribution in [3.63, 3.8) is 0 Å². The summed E-state index contributed by atoms with van der Waals surface area (Å²) in [7, 11) is 0. The van der Waals surface area contributed by atoms with Gasteiger partial charge in [-0.2, -0.15) is 5.26 Å². The number of carbonyl (C=O) groups is 1. The number of aromatic nitrogens is 2. The Hall–Kier alpha value is -3.61. The van der Waals surface area contributed by atoms with Gasteiger partial charge in [-0.25, -0.2) is 4.39 Å². The molecule has 38 heavy (non-hydrogen) atoms. The zero-order valence-electron chi connectivity index (χ0n) is 21.3. The van der Waals surface area contributed by atoms with E-state index < -0.39 is 29.7 Å². The van der Waals surface area contributed by atoms with Crippen molar-refractivity contribution in [1.29, 1.82) is 5.26 Å². The lowest BCUT2D eigenvalue weighted by Gasteiger charge is -2.37. The summed E-state index contributed by atoms with van der Waals surface area (Å²) >= 11 is 0. The van der Waals surface area contributed by atoms with Crippen LogP contribution in [0.3, 0.4) is 0 Å². The Bertz CT molecular complexity index is 1420. The summed E-state index contributed by atoms with van der Waals surface area (Å²) in [6.07, 6.45) is 6.88. The van der Waals surface area contributed by atoms with E-state index in [-0.39, 0.29) is 11.6 Å². The predicted octanol–water partition coefficient (Wildman–Crippen LogP) is 3.25. The standard InChI is InChI=1S/C29H32FN5O3/c30-17-20-8-11-32-26(15-20)29(19-31)9-13-34(14-10-29)18-21-16-22(28(38)35-12-4-3-6-24(21)35)27(37)33-23-5-1-2-7-25(23)36/h3-4,6,8,11-12,15-16,23,25,36H,1-2,5,7,9-10,13-14,17-18H2,(H,33,37)/t23-,25-/m0/s1. The number of hydrogen-bond acceptors (Lipinski definition) is 6. The van der Waals surface area contributed by atoms with E-state index in [0.717, 1.165) is 23.9 Å². The van der Waals surface area contributed by atoms with E-state index in [1.54, 1.807) is 36.7 Å². The number of nitrogens with zero attached hydrogens (tertiary/aromatic N) is 4. The summed E-state index contributed by atoms with van der Waals surface area (Å²) in [6, 6.07) is 12.5. The molecule has 2 aliphatic rings. The maximum Gasteiger partial charge on any atom is 0.267 e. The average Bonchev–Trinajstić information content (AvgIpc) is 2.96. The molecule has 3 aromatic heterocycles. The number of rotatable bonds is 6. The number of amides is 1. The van der Waals surface area contributed by atoms with Crippen LogP contribution in [0.1, 0.15) is 65.7 Å². The first-order valence-electron chi connectivity index (χ1n) is 13.2. The summed E-state index contributed by atoms with van der Waals surface area (Å²) < 4.78 is 14.7. The van der Waals surface area contributed by atoms with Crippen LogP contribution < -0.4 is 10.9 Å². The highest BCUT2D eigenvalue weighted by Crippen LogP contribution is 2.35. The number of nitrogens with one attached hydrogen (secondary N) is 1. The van der Waals surface area contributed by atoms with Crippen LogP contribution in [0.15, 0.2) is 53.6 Å². The molecule has 0 spiro atoms. The van der Waals surface area contributed by atoms with Gasteiger partial charge in [0.25, 0.3) is 11.5 Å². The normalized spacial score (nSPS) is 21.6. The van der Waals surface area contributed by atoms with Gasteiger partial charge in [-0.3, -0.25) is 23.9 Å². The summed E-state index contributed by atoms with van der Waals surface area (Å²) in [4.78, 5) is 33.0. The summed E-state index contributed by atoms with van der Waals surface area (Å²) in [5.74, 6) is -0.471. The first-order valence-corrected chi connectivity index (χ1v) is 13.2. The molecule has 1 aliphatic heterocycles. The quantitative estimate of drug-likeness (QED) is 0.519. The highest BCUT2D eigenvalue weighted by atomic mass is 19.1. The maximum absolute atomic E-state index is 13.2. The van der Waals surface area contributed by atoms with E-state index in [0.29, 0.717) is 56.6 Å². The third kappa shape index (κ3) is 5.06. The zero-order valence-corrected chi connectivity index (χ0v) is 21.3. The van der Waals surface area contributed by atoms with Gasteiger partial charge >= 0.3 is 0 Å². The Labute approximate surface area is 220 Å². The van der Waals surface area contributed by atoms with E-state index in [1.165, 1.54) is 4.40 Å². The zero-order chi connectivity index (χ0) is 26.7. The van der Waals surface area contributed by atoms with Crippen LogP contribution in [0.4, 0.5) is 4.39 Å². The Morgan fingerprint density at radius 3 is 2.74 bits per heavy atom. The van der Waals surface area contributed by atoms with Crippen molar-refractivity contribution in [2.75, 3.05) is 13.1 Å². The first-order chi connectivity index (χ1) is 18.4. The highest BCUT2D eigenvalue weighted by Gasteiger charge is 2.38. The molecular weight excluding hydrogens is 485 g/mol. The third-order valence-electron chi connectivity index (χ3n) is 8.03. The van der Waals surface area contributed by atoms with E-state index in [1.807, 2.05) is 12.1 Å². The van der Waals surface area contributed by atoms with Gasteiger partial charge in [0, 0.05) is 32.0 Å². The number of hydrogen-bond donors (Lipinski definition) is 2. The van der Waals surface area contributed by atoms with Gasteiger partial charge in [0.2, 0.25) is 0 Å². The molecule has 0 aromatic carbocycles. The lowest BCUT2D eigenvalue weighted by molar-refractivity contribution is 0.0716. The van der Waals surface area contributed by atoms with Crippen molar-refractivity contribution < 1.29 is 14.3 Å². The Balaban J connectivity index is 1.38. The molecule has 9 heteroatoms. The molecule has 198 valence electrons. The number of piperidine rings is 1. The number of likely N-dealkylation sites (tertiary alicyclic amines) is 1. The van der Waals surface area contributed by atoms with Crippen molar-refractivity contribution in [3.05, 3.63) is 81.5 Å². The van der Waals surface area contributed by atoms with Crippen LogP contribution in [0.2, 0.25) is 0 Å². The fraction of sp³-hybridized carbons (Fsp3) is 0.448. The number of halogens is 1. The number of pyridine rings is 3. The highest BCUT2D eigenvalue weighted by molar-refractivity contribution is 5.94. The van der Waals surface area contributed by atoms with Crippen molar-refractivity contribution in [1.82, 2.24) is 19.6 Å². The summed E-state index contributed by atoms with van der Waals surface area (Å²) in [6.45, 7) is 1.13. The Morgan fingerprint density at radius 2 is 2.00 bits per heavy atom. The molecule has 0 radical (unpaired) electrons. The molecule has 2 N–H and O–H groups in total. The minimum Gasteiger partial charge on any atom is -0.391 e. The molecular formula is C29H32FN5O3. The molecule has 0 bridgehead atoms. The van der Waals surface area contributed by atoms with Gasteiger partial charge in [0.15, 0.2) is 0 Å². The molecule has 4 heterocycles. The summed E-state index contributed by atoms with van der Waals surface area (Å²) in [5, 5.41) is 23.2. The van der Waals surface area contributed by atoms with Crippen molar-refractivity contribution >= 4 is 11.4 Å². The molecule has 3 aromatic rings. The predicted molar refractivity (Wildman–Crippen MR) is 140 cm³/mol. The largest absolute Gasteiger partial charge is 0.391 e. The van der Waals surface area contributed by atoms with E-state index in [2.05, 4.69) is 21.3 Å². The number of alkyl halides is 1. The van der Waals surface area contributed by atoms with Crippen LogP contribution in [-0.4, -0.2) is 50.5 Å². The molecule has 0 unspecified atom stereocenters. The number of aliphatic hydroxyl groups is 1. The molecule has 8 nitrogen and oxygen atoms in total. The third-order valence-corrected chi connectivity index (χ3v) is 8.03. The van der Waals surface area contributed by atoms with Crippen LogP contribution in [0, 0.1) is 11.3 Å². The van der Waals surface area contributed by atoms with Gasteiger partial charge in [0.05, 0.1) is 29.4 Å². The molecule has 2 fully saturated rings. The van der Waals surface area contributed by atoms with Crippen molar-refractivity contribution in [2.24, 2.45) is 0 Å². The Kier molecular flexibility index (Phi) is 7.54. The van der Waals surface area contributed by atoms with Gasteiger partial charge < -0.3 is 10.4 Å². The second kappa shape index (κ2) is 11.0. The van der Waals surface area contributed by atoms with Crippen LogP contribution in [-0.2, 0) is 18.6 Å². The van der Waals surface area contributed by atoms with Gasteiger partial charge in [-0.1, -0.05) is 18.9 Å². The fourth-order valence-electron chi connectivity index (χ4n) is 5.71. The summed E-state index contributed by atoms with van der Waals surface area (Å²) in [5.41, 5.74) is 1.56. The van der Waals surface area contributed by atoms with E-state index >= 15 is 0 Å². The second-order valence-corrected chi connectivity index (χ2v) is 10.4. The molecule has 2 atom stereocenters. The molecule has 1 aliphatic carbocycles. The SMILES string of the molecule is N#CC1(c2cc(CF)ccn2)CCN(Cc2cc(C(=O)N[C@H]3CCCC[C@@H]3O)c(=O)n3ccccc23)CC1. The van der Waals surface area contributed by atoms with Gasteiger partial charge in [-0.05, 0) is 67.1 Å². The van der Waals surface area contributed by atoms with Crippen LogP contribution in [0.5, 0.6) is 0 Å². The Morgan fingerprint density at radius 1 is 1.21 bits per heavy atom. The van der Waals surface area contributed by atoms with Crippen molar-refractivity contribution in [3.8, 4) is 6.07 Å². The smallest absolute Gasteiger partial charge is 0.267 e.